The van der Waals surface area contributed by atoms with Crippen molar-refractivity contribution < 1.29 is 0 Å². The molecule has 0 spiro atoms. The zero-order valence-corrected chi connectivity index (χ0v) is 9.74. The summed E-state index contributed by atoms with van der Waals surface area (Å²) in [7, 11) is 0. The standard InChI is InChI=1S/C9H13BrN4/c1-8(2-4-10)3-5-14-7-12-9(6-11)13-14/h7-8H,2-5H2,1H3. The van der Waals surface area contributed by atoms with Gasteiger partial charge in [0.15, 0.2) is 0 Å². The second-order valence-corrected chi connectivity index (χ2v) is 4.11. The first-order valence-electron chi connectivity index (χ1n) is 4.61. The van der Waals surface area contributed by atoms with Gasteiger partial charge in [-0.1, -0.05) is 22.9 Å². The van der Waals surface area contributed by atoms with Gasteiger partial charge >= 0.3 is 0 Å². The van der Waals surface area contributed by atoms with E-state index >= 15 is 0 Å². The quantitative estimate of drug-likeness (QED) is 0.757. The minimum absolute atomic E-state index is 0.248. The molecule has 0 N–H and O–H groups in total. The van der Waals surface area contributed by atoms with E-state index < -0.39 is 0 Å². The van der Waals surface area contributed by atoms with E-state index in [2.05, 4.69) is 32.9 Å². The number of nitrogens with zero attached hydrogens (tertiary/aromatic N) is 4. The lowest BCUT2D eigenvalue weighted by molar-refractivity contribution is 0.451. The van der Waals surface area contributed by atoms with Gasteiger partial charge in [0.2, 0.25) is 0 Å². The van der Waals surface area contributed by atoms with E-state index in [0.717, 1.165) is 18.3 Å². The van der Waals surface area contributed by atoms with Crippen molar-refractivity contribution in [1.29, 1.82) is 5.26 Å². The Bertz CT molecular complexity index is 315. The maximum atomic E-state index is 8.52. The number of aromatic nitrogens is 3. The van der Waals surface area contributed by atoms with Crippen molar-refractivity contribution in [3.05, 3.63) is 12.2 Å². The normalized spacial score (nSPS) is 12.4. The lowest BCUT2D eigenvalue weighted by Gasteiger charge is -2.08. The Morgan fingerprint density at radius 1 is 1.64 bits per heavy atom. The van der Waals surface area contributed by atoms with E-state index in [4.69, 9.17) is 5.26 Å². The van der Waals surface area contributed by atoms with Gasteiger partial charge in [-0.2, -0.15) is 5.26 Å². The van der Waals surface area contributed by atoms with E-state index in [9.17, 15) is 0 Å². The molecule has 1 unspecified atom stereocenters. The highest BCUT2D eigenvalue weighted by Gasteiger charge is 2.03. The molecule has 0 aliphatic rings. The molecule has 1 rings (SSSR count). The van der Waals surface area contributed by atoms with Crippen molar-refractivity contribution in [3.63, 3.8) is 0 Å². The smallest absolute Gasteiger partial charge is 0.252 e. The molecule has 0 saturated carbocycles. The first-order valence-corrected chi connectivity index (χ1v) is 5.74. The minimum atomic E-state index is 0.248. The van der Waals surface area contributed by atoms with Crippen molar-refractivity contribution >= 4 is 15.9 Å². The molecule has 0 amide bonds. The Balaban J connectivity index is 2.35. The summed E-state index contributed by atoms with van der Waals surface area (Å²) in [6, 6.07) is 1.91. The summed E-state index contributed by atoms with van der Waals surface area (Å²) in [5.41, 5.74) is 0. The summed E-state index contributed by atoms with van der Waals surface area (Å²) in [4.78, 5) is 3.84. The van der Waals surface area contributed by atoms with Crippen LogP contribution in [0.4, 0.5) is 0 Å². The number of alkyl halides is 1. The number of rotatable bonds is 5. The van der Waals surface area contributed by atoms with Crippen LogP contribution in [0.15, 0.2) is 6.33 Å². The fourth-order valence-corrected chi connectivity index (χ4v) is 1.92. The van der Waals surface area contributed by atoms with Crippen molar-refractivity contribution in [3.8, 4) is 6.07 Å². The van der Waals surface area contributed by atoms with Gasteiger partial charge in [0, 0.05) is 11.9 Å². The van der Waals surface area contributed by atoms with Crippen molar-refractivity contribution in [1.82, 2.24) is 14.8 Å². The van der Waals surface area contributed by atoms with Crippen LogP contribution in [0.25, 0.3) is 0 Å². The molecule has 0 bridgehead atoms. The molecule has 0 aliphatic carbocycles. The second kappa shape index (κ2) is 5.76. The van der Waals surface area contributed by atoms with Crippen LogP contribution < -0.4 is 0 Å². The Hall–Kier alpha value is -0.890. The summed E-state index contributed by atoms with van der Waals surface area (Å²) in [6.45, 7) is 3.05. The highest BCUT2D eigenvalue weighted by atomic mass is 79.9. The van der Waals surface area contributed by atoms with Crippen LogP contribution in [0.3, 0.4) is 0 Å². The van der Waals surface area contributed by atoms with Gasteiger partial charge in [-0.15, -0.1) is 5.10 Å². The SMILES string of the molecule is CC(CCBr)CCn1cnc(C#N)n1. The molecule has 5 heteroatoms. The van der Waals surface area contributed by atoms with Crippen LogP contribution in [0.2, 0.25) is 0 Å². The fourth-order valence-electron chi connectivity index (χ4n) is 1.14. The molecule has 0 aliphatic heterocycles. The lowest BCUT2D eigenvalue weighted by Crippen LogP contribution is -2.04. The van der Waals surface area contributed by atoms with E-state index in [1.54, 1.807) is 11.0 Å². The molecular weight excluding hydrogens is 244 g/mol. The average Bonchev–Trinajstić information content (AvgIpc) is 2.63. The van der Waals surface area contributed by atoms with Gasteiger partial charge in [0.05, 0.1) is 0 Å². The van der Waals surface area contributed by atoms with E-state index in [0.29, 0.717) is 5.92 Å². The second-order valence-electron chi connectivity index (χ2n) is 3.31. The van der Waals surface area contributed by atoms with Crippen molar-refractivity contribution in [2.45, 2.75) is 26.3 Å². The zero-order chi connectivity index (χ0) is 10.4. The van der Waals surface area contributed by atoms with Gasteiger partial charge in [-0.3, -0.25) is 4.68 Å². The van der Waals surface area contributed by atoms with E-state index in [-0.39, 0.29) is 5.82 Å². The van der Waals surface area contributed by atoms with Crippen LogP contribution >= 0.6 is 15.9 Å². The van der Waals surface area contributed by atoms with Gasteiger partial charge in [0.1, 0.15) is 12.4 Å². The maximum absolute atomic E-state index is 8.52. The van der Waals surface area contributed by atoms with Crippen molar-refractivity contribution in [2.75, 3.05) is 5.33 Å². The first-order chi connectivity index (χ1) is 6.76. The number of halogens is 1. The highest BCUT2D eigenvalue weighted by Crippen LogP contribution is 2.09. The summed E-state index contributed by atoms with van der Waals surface area (Å²) < 4.78 is 1.73. The predicted octanol–water partition coefficient (Wildman–Crippen LogP) is 1.96. The fraction of sp³-hybridized carbons (Fsp3) is 0.667. The van der Waals surface area contributed by atoms with E-state index in [1.165, 1.54) is 6.42 Å². The molecule has 76 valence electrons. The van der Waals surface area contributed by atoms with Crippen LogP contribution in [-0.4, -0.2) is 20.1 Å². The minimum Gasteiger partial charge on any atom is -0.252 e. The third-order valence-electron chi connectivity index (χ3n) is 2.09. The molecule has 1 aromatic rings. The van der Waals surface area contributed by atoms with Gasteiger partial charge in [-0.05, 0) is 18.8 Å². The molecule has 0 fully saturated rings. The molecule has 14 heavy (non-hydrogen) atoms. The van der Waals surface area contributed by atoms with Crippen LogP contribution in [0.5, 0.6) is 0 Å². The Morgan fingerprint density at radius 3 is 3.00 bits per heavy atom. The highest BCUT2D eigenvalue weighted by molar-refractivity contribution is 9.09. The molecule has 1 aromatic heterocycles. The van der Waals surface area contributed by atoms with Crippen molar-refractivity contribution in [2.24, 2.45) is 5.92 Å². The van der Waals surface area contributed by atoms with Crippen LogP contribution in [0, 0.1) is 17.2 Å². The number of hydrogen-bond acceptors (Lipinski definition) is 3. The third kappa shape index (κ3) is 3.46. The van der Waals surface area contributed by atoms with Gasteiger partial charge in [0.25, 0.3) is 5.82 Å². The topological polar surface area (TPSA) is 54.5 Å². The summed E-state index contributed by atoms with van der Waals surface area (Å²) in [5, 5.41) is 13.5. The Kier molecular flexibility index (Phi) is 4.60. The van der Waals surface area contributed by atoms with Crippen LogP contribution in [-0.2, 0) is 6.54 Å². The molecule has 0 aromatic carbocycles. The molecule has 1 heterocycles. The molecule has 0 radical (unpaired) electrons. The average molecular weight is 257 g/mol. The Morgan fingerprint density at radius 2 is 2.43 bits per heavy atom. The number of aryl methyl sites for hydroxylation is 1. The number of hydrogen-bond donors (Lipinski definition) is 0. The van der Waals surface area contributed by atoms with E-state index in [1.807, 2.05) is 6.07 Å². The first kappa shape index (κ1) is 11.2. The molecule has 0 saturated heterocycles. The molecular formula is C9H13BrN4. The molecule has 1 atom stereocenters. The largest absolute Gasteiger partial charge is 0.252 e. The lowest BCUT2D eigenvalue weighted by atomic mass is 10.1. The zero-order valence-electron chi connectivity index (χ0n) is 8.15. The number of nitriles is 1. The summed E-state index contributed by atoms with van der Waals surface area (Å²) in [5.74, 6) is 0.919. The Labute approximate surface area is 92.1 Å². The van der Waals surface area contributed by atoms with Crippen LogP contribution in [0.1, 0.15) is 25.6 Å². The third-order valence-corrected chi connectivity index (χ3v) is 2.55. The maximum Gasteiger partial charge on any atom is 0.252 e. The summed E-state index contributed by atoms with van der Waals surface area (Å²) in [6.07, 6.45) is 3.85. The monoisotopic (exact) mass is 256 g/mol. The molecule has 4 nitrogen and oxygen atoms in total. The summed E-state index contributed by atoms with van der Waals surface area (Å²) >= 11 is 3.41. The van der Waals surface area contributed by atoms with Gasteiger partial charge in [-0.25, -0.2) is 4.98 Å². The predicted molar refractivity (Wildman–Crippen MR) is 56.9 cm³/mol. The van der Waals surface area contributed by atoms with Gasteiger partial charge < -0.3 is 0 Å².